The predicted molar refractivity (Wildman–Crippen MR) is 94.3 cm³/mol. The number of nitrogens with one attached hydrogen (secondary N) is 2. The number of amides is 2. The first kappa shape index (κ1) is 18.9. The van der Waals surface area contributed by atoms with Gasteiger partial charge < -0.3 is 20.3 Å². The highest BCUT2D eigenvalue weighted by molar-refractivity contribution is 5.74. The summed E-state index contributed by atoms with van der Waals surface area (Å²) in [5.41, 5.74) is 2.08. The molecule has 0 spiro atoms. The fourth-order valence-corrected chi connectivity index (χ4v) is 2.32. The van der Waals surface area contributed by atoms with E-state index in [4.69, 9.17) is 4.52 Å². The zero-order valence-electron chi connectivity index (χ0n) is 15.0. The Morgan fingerprint density at radius 1 is 1.28 bits per heavy atom. The number of aliphatic hydroxyl groups is 1. The van der Waals surface area contributed by atoms with Gasteiger partial charge in [-0.15, -0.1) is 0 Å². The number of aliphatic hydroxyl groups excluding tert-OH is 1. The minimum absolute atomic E-state index is 0.166. The maximum Gasteiger partial charge on any atom is 0.315 e. The van der Waals surface area contributed by atoms with Crippen LogP contribution in [0.3, 0.4) is 0 Å². The number of benzene rings is 1. The van der Waals surface area contributed by atoms with Gasteiger partial charge in [0.2, 0.25) is 5.89 Å². The summed E-state index contributed by atoms with van der Waals surface area (Å²) in [5, 5.41) is 18.9. The quantitative estimate of drug-likeness (QED) is 0.681. The molecule has 2 amide bonds. The first-order valence-corrected chi connectivity index (χ1v) is 8.60. The normalized spacial score (nSPS) is 12.2. The topological polar surface area (TPSA) is 100 Å². The van der Waals surface area contributed by atoms with Crippen LogP contribution in [0.15, 0.2) is 28.8 Å². The third-order valence-electron chi connectivity index (χ3n) is 3.90. The molecule has 0 fully saturated rings. The average Bonchev–Trinajstić information content (AvgIpc) is 3.09. The number of nitrogens with zero attached hydrogens (tertiary/aromatic N) is 2. The Hall–Kier alpha value is -2.41. The number of aryl methyl sites for hydroxylation is 1. The Labute approximate surface area is 147 Å². The van der Waals surface area contributed by atoms with Crippen LogP contribution in [-0.2, 0) is 12.8 Å². The van der Waals surface area contributed by atoms with E-state index in [1.54, 1.807) is 0 Å². The van der Waals surface area contributed by atoms with Crippen molar-refractivity contribution in [2.75, 3.05) is 13.2 Å². The molecule has 2 rings (SSSR count). The number of aromatic nitrogens is 2. The van der Waals surface area contributed by atoms with Gasteiger partial charge in [-0.25, -0.2) is 4.79 Å². The second-order valence-corrected chi connectivity index (χ2v) is 6.18. The Kier molecular flexibility index (Phi) is 6.94. The van der Waals surface area contributed by atoms with Crippen molar-refractivity contribution in [3.05, 3.63) is 47.1 Å². The van der Waals surface area contributed by atoms with Gasteiger partial charge in [-0.05, 0) is 17.5 Å². The van der Waals surface area contributed by atoms with E-state index >= 15 is 0 Å². The van der Waals surface area contributed by atoms with E-state index < -0.39 is 6.04 Å². The summed E-state index contributed by atoms with van der Waals surface area (Å²) in [4.78, 5) is 16.3. The van der Waals surface area contributed by atoms with Gasteiger partial charge >= 0.3 is 6.03 Å². The third-order valence-corrected chi connectivity index (χ3v) is 3.90. The largest absolute Gasteiger partial charge is 0.394 e. The molecule has 25 heavy (non-hydrogen) atoms. The van der Waals surface area contributed by atoms with Gasteiger partial charge in [-0.2, -0.15) is 4.98 Å². The van der Waals surface area contributed by atoms with Crippen LogP contribution in [0.5, 0.6) is 0 Å². The lowest BCUT2D eigenvalue weighted by atomic mass is 10.0. The maximum absolute atomic E-state index is 12.0. The van der Waals surface area contributed by atoms with E-state index in [0.717, 1.165) is 12.0 Å². The summed E-state index contributed by atoms with van der Waals surface area (Å²) < 4.78 is 5.13. The van der Waals surface area contributed by atoms with Crippen LogP contribution in [-0.4, -0.2) is 34.4 Å². The molecule has 0 aliphatic heterocycles. The van der Waals surface area contributed by atoms with Gasteiger partial charge in [-0.3, -0.25) is 0 Å². The van der Waals surface area contributed by atoms with Crippen molar-refractivity contribution in [1.82, 2.24) is 20.8 Å². The fourth-order valence-electron chi connectivity index (χ4n) is 2.32. The Balaban J connectivity index is 1.80. The molecule has 1 aromatic heterocycles. The molecule has 3 N–H and O–H groups in total. The minimum atomic E-state index is -0.443. The molecule has 136 valence electrons. The lowest BCUT2D eigenvalue weighted by Gasteiger charge is -2.17. The van der Waals surface area contributed by atoms with E-state index in [1.807, 2.05) is 38.1 Å². The van der Waals surface area contributed by atoms with Crippen LogP contribution in [0.4, 0.5) is 4.79 Å². The summed E-state index contributed by atoms with van der Waals surface area (Å²) in [6, 6.07) is 7.06. The summed E-state index contributed by atoms with van der Waals surface area (Å²) in [6.07, 6.45) is 1.41. The first-order valence-electron chi connectivity index (χ1n) is 8.60. The predicted octanol–water partition coefficient (Wildman–Crippen LogP) is 2.33. The van der Waals surface area contributed by atoms with Gasteiger partial charge in [0.15, 0.2) is 5.82 Å². The van der Waals surface area contributed by atoms with E-state index in [2.05, 4.69) is 27.7 Å². The van der Waals surface area contributed by atoms with Gasteiger partial charge in [-0.1, -0.05) is 50.2 Å². The Morgan fingerprint density at radius 3 is 2.56 bits per heavy atom. The summed E-state index contributed by atoms with van der Waals surface area (Å²) in [6.45, 7) is 6.27. The molecule has 0 saturated carbocycles. The Bertz CT molecular complexity index is 667. The van der Waals surface area contributed by atoms with Crippen LogP contribution in [0.1, 0.15) is 55.6 Å². The molecule has 1 aromatic carbocycles. The van der Waals surface area contributed by atoms with Crippen molar-refractivity contribution in [3.8, 4) is 0 Å². The number of urea groups is 1. The van der Waals surface area contributed by atoms with E-state index in [-0.39, 0.29) is 18.6 Å². The van der Waals surface area contributed by atoms with E-state index in [0.29, 0.717) is 24.7 Å². The van der Waals surface area contributed by atoms with Crippen molar-refractivity contribution in [3.63, 3.8) is 0 Å². The summed E-state index contributed by atoms with van der Waals surface area (Å²) >= 11 is 0. The molecule has 0 bridgehead atoms. The molecule has 1 atom stereocenters. The van der Waals surface area contributed by atoms with E-state index in [1.165, 1.54) is 5.56 Å². The third kappa shape index (κ3) is 5.56. The second kappa shape index (κ2) is 9.17. The number of hydrogen-bond donors (Lipinski definition) is 3. The maximum atomic E-state index is 12.0. The number of carbonyl (C=O) groups is 1. The molecule has 0 saturated heterocycles. The molecule has 0 radical (unpaired) electrons. The monoisotopic (exact) mass is 346 g/mol. The highest BCUT2D eigenvalue weighted by atomic mass is 16.5. The van der Waals surface area contributed by atoms with Crippen LogP contribution < -0.4 is 10.6 Å². The molecular formula is C18H26N4O3. The smallest absolute Gasteiger partial charge is 0.315 e. The van der Waals surface area contributed by atoms with Gasteiger partial charge in [0.25, 0.3) is 0 Å². The van der Waals surface area contributed by atoms with Gasteiger partial charge in [0.1, 0.15) is 0 Å². The average molecular weight is 346 g/mol. The van der Waals surface area contributed by atoms with Crippen LogP contribution in [0.25, 0.3) is 0 Å². The summed E-state index contributed by atoms with van der Waals surface area (Å²) in [7, 11) is 0. The molecule has 0 aliphatic carbocycles. The highest BCUT2D eigenvalue weighted by Gasteiger charge is 2.14. The van der Waals surface area contributed by atoms with Gasteiger partial charge in [0.05, 0.1) is 12.6 Å². The van der Waals surface area contributed by atoms with E-state index in [9.17, 15) is 9.90 Å². The SMILES string of the molecule is CCc1ccc(C(CO)NC(=O)NCCc2nc(C(C)C)no2)cc1. The number of rotatable bonds is 8. The molecular weight excluding hydrogens is 320 g/mol. The summed E-state index contributed by atoms with van der Waals surface area (Å²) in [5.74, 6) is 1.37. The van der Waals surface area contributed by atoms with Crippen LogP contribution >= 0.6 is 0 Å². The van der Waals surface area contributed by atoms with Crippen molar-refractivity contribution in [2.24, 2.45) is 0 Å². The zero-order chi connectivity index (χ0) is 18.2. The minimum Gasteiger partial charge on any atom is -0.394 e. The molecule has 0 aliphatic rings. The second-order valence-electron chi connectivity index (χ2n) is 6.18. The van der Waals surface area contributed by atoms with Crippen LogP contribution in [0, 0.1) is 0 Å². The molecule has 2 aromatic rings. The van der Waals surface area contributed by atoms with Crippen molar-refractivity contribution in [1.29, 1.82) is 0 Å². The number of carbonyl (C=O) groups excluding carboxylic acids is 1. The molecule has 1 heterocycles. The van der Waals surface area contributed by atoms with Gasteiger partial charge in [0, 0.05) is 18.9 Å². The Morgan fingerprint density at radius 2 is 2.00 bits per heavy atom. The molecule has 1 unspecified atom stereocenters. The first-order chi connectivity index (χ1) is 12.0. The lowest BCUT2D eigenvalue weighted by Crippen LogP contribution is -2.40. The standard InChI is InChI=1S/C18H26N4O3/c1-4-13-5-7-14(8-6-13)15(11-23)20-18(24)19-10-9-16-21-17(12(2)3)22-25-16/h5-8,12,15,23H,4,9-11H2,1-3H3,(H2,19,20,24). The number of hydrogen-bond acceptors (Lipinski definition) is 5. The zero-order valence-corrected chi connectivity index (χ0v) is 15.0. The highest BCUT2D eigenvalue weighted by Crippen LogP contribution is 2.14. The van der Waals surface area contributed by atoms with Crippen molar-refractivity contribution >= 4 is 6.03 Å². The fraction of sp³-hybridized carbons (Fsp3) is 0.500. The van der Waals surface area contributed by atoms with Crippen LogP contribution in [0.2, 0.25) is 0 Å². The lowest BCUT2D eigenvalue weighted by molar-refractivity contribution is 0.217. The van der Waals surface area contributed by atoms with Crippen molar-refractivity contribution in [2.45, 2.75) is 45.6 Å². The molecule has 7 nitrogen and oxygen atoms in total. The van der Waals surface area contributed by atoms with Crippen molar-refractivity contribution < 1.29 is 14.4 Å². The molecule has 7 heteroatoms.